The Morgan fingerprint density at radius 1 is 1.33 bits per heavy atom. The quantitative estimate of drug-likeness (QED) is 0.875. The fraction of sp³-hybridized carbons (Fsp3) is 0.500. The first-order valence-corrected chi connectivity index (χ1v) is 8.49. The average molecular weight is 329 g/mol. The number of hydrogen-bond donors (Lipinski definition) is 1. The van der Waals surface area contributed by atoms with E-state index in [4.69, 9.17) is 4.74 Å². The minimum atomic E-state index is -0.828. The number of amides is 1. The van der Waals surface area contributed by atoms with Crippen molar-refractivity contribution in [2.45, 2.75) is 58.1 Å². The molecule has 1 aliphatic carbocycles. The Morgan fingerprint density at radius 3 is 2.83 bits per heavy atom. The number of carbonyl (C=O) groups excluding carboxylic acids is 2. The number of nitrogens with zero attached hydrogens (tertiary/aromatic N) is 2. The van der Waals surface area contributed by atoms with Crippen molar-refractivity contribution >= 4 is 17.5 Å². The van der Waals surface area contributed by atoms with E-state index in [2.05, 4.69) is 10.3 Å². The van der Waals surface area contributed by atoms with E-state index in [1.807, 2.05) is 25.3 Å². The van der Waals surface area contributed by atoms with Gasteiger partial charge in [-0.05, 0) is 44.4 Å². The number of fused-ring (bicyclic) bond motifs is 1. The van der Waals surface area contributed by atoms with E-state index >= 15 is 0 Å². The number of imidazole rings is 1. The molecule has 0 aromatic carbocycles. The van der Waals surface area contributed by atoms with Crippen LogP contribution in [0.3, 0.4) is 0 Å². The average Bonchev–Trinajstić information content (AvgIpc) is 2.99. The molecular formula is C18H23N3O3. The van der Waals surface area contributed by atoms with Crippen LogP contribution in [-0.4, -0.2) is 33.4 Å². The standard InChI is InChI=1S/C18H23N3O3/c1-12-8-9-21-11-15(20-16(21)10-12)18(23)24-13(2)17(22)19-14-6-4-3-5-7-14/h8-11,13-14H,3-7H2,1-2H3,(H,19,22). The third-order valence-electron chi connectivity index (χ3n) is 4.43. The summed E-state index contributed by atoms with van der Waals surface area (Å²) in [6.07, 6.45) is 8.13. The van der Waals surface area contributed by atoms with Crippen LogP contribution in [0.25, 0.3) is 5.65 Å². The van der Waals surface area contributed by atoms with Crippen LogP contribution < -0.4 is 5.32 Å². The second-order valence-electron chi connectivity index (χ2n) is 6.49. The zero-order chi connectivity index (χ0) is 17.1. The Hall–Kier alpha value is -2.37. The molecule has 1 saturated carbocycles. The van der Waals surface area contributed by atoms with Crippen molar-refractivity contribution in [2.75, 3.05) is 0 Å². The summed E-state index contributed by atoms with van der Waals surface area (Å²) in [6, 6.07) is 4.02. The molecule has 2 aromatic rings. The van der Waals surface area contributed by atoms with Gasteiger partial charge in [-0.1, -0.05) is 19.3 Å². The van der Waals surface area contributed by atoms with E-state index in [1.54, 1.807) is 17.5 Å². The first kappa shape index (κ1) is 16.5. The van der Waals surface area contributed by atoms with E-state index in [-0.39, 0.29) is 17.6 Å². The molecule has 128 valence electrons. The number of nitrogens with one attached hydrogen (secondary N) is 1. The topological polar surface area (TPSA) is 72.7 Å². The molecule has 1 N–H and O–H groups in total. The molecule has 0 spiro atoms. The lowest BCUT2D eigenvalue weighted by Crippen LogP contribution is -2.42. The number of esters is 1. The van der Waals surface area contributed by atoms with Gasteiger partial charge >= 0.3 is 5.97 Å². The molecule has 2 aromatic heterocycles. The summed E-state index contributed by atoms with van der Waals surface area (Å²) in [6.45, 7) is 3.56. The van der Waals surface area contributed by atoms with Crippen LogP contribution in [0.15, 0.2) is 24.5 Å². The van der Waals surface area contributed by atoms with Gasteiger partial charge in [0.1, 0.15) is 5.65 Å². The first-order valence-electron chi connectivity index (χ1n) is 8.49. The van der Waals surface area contributed by atoms with Crippen molar-refractivity contribution in [3.8, 4) is 0 Å². The van der Waals surface area contributed by atoms with Gasteiger partial charge in [-0.15, -0.1) is 0 Å². The molecule has 0 saturated heterocycles. The van der Waals surface area contributed by atoms with E-state index < -0.39 is 12.1 Å². The molecule has 0 aliphatic heterocycles. The summed E-state index contributed by atoms with van der Waals surface area (Å²) in [5.74, 6) is -0.822. The summed E-state index contributed by atoms with van der Waals surface area (Å²) >= 11 is 0. The molecule has 0 radical (unpaired) electrons. The molecule has 1 unspecified atom stereocenters. The number of ether oxygens (including phenoxy) is 1. The number of rotatable bonds is 4. The van der Waals surface area contributed by atoms with Crippen molar-refractivity contribution in [3.05, 3.63) is 35.8 Å². The summed E-state index contributed by atoms with van der Waals surface area (Å²) < 4.78 is 7.03. The monoisotopic (exact) mass is 329 g/mol. The Balaban J connectivity index is 1.60. The maximum atomic E-state index is 12.2. The third-order valence-corrected chi connectivity index (χ3v) is 4.43. The van der Waals surface area contributed by atoms with E-state index in [0.717, 1.165) is 31.2 Å². The highest BCUT2D eigenvalue weighted by Gasteiger charge is 2.23. The second kappa shape index (κ2) is 7.03. The van der Waals surface area contributed by atoms with Crippen molar-refractivity contribution in [1.29, 1.82) is 0 Å². The zero-order valence-corrected chi connectivity index (χ0v) is 14.1. The van der Waals surface area contributed by atoms with Gasteiger partial charge in [0.15, 0.2) is 11.8 Å². The van der Waals surface area contributed by atoms with Gasteiger partial charge in [-0.3, -0.25) is 4.79 Å². The Kier molecular flexibility index (Phi) is 4.83. The Bertz CT molecular complexity index is 747. The zero-order valence-electron chi connectivity index (χ0n) is 14.1. The Labute approximate surface area is 141 Å². The van der Waals surface area contributed by atoms with Gasteiger partial charge < -0.3 is 14.5 Å². The molecule has 1 atom stereocenters. The number of carbonyl (C=O) groups is 2. The van der Waals surface area contributed by atoms with Crippen LogP contribution in [0, 0.1) is 6.92 Å². The van der Waals surface area contributed by atoms with Gasteiger partial charge in [-0.25, -0.2) is 9.78 Å². The van der Waals surface area contributed by atoms with Crippen LogP contribution >= 0.6 is 0 Å². The largest absolute Gasteiger partial charge is 0.448 e. The van der Waals surface area contributed by atoms with Crippen LogP contribution in [0.1, 0.15) is 55.1 Å². The summed E-state index contributed by atoms with van der Waals surface area (Å²) in [5.41, 5.74) is 1.95. The lowest BCUT2D eigenvalue weighted by molar-refractivity contribution is -0.130. The molecule has 6 nitrogen and oxygen atoms in total. The summed E-state index contributed by atoms with van der Waals surface area (Å²) in [4.78, 5) is 28.7. The van der Waals surface area contributed by atoms with E-state index in [0.29, 0.717) is 5.65 Å². The van der Waals surface area contributed by atoms with Crippen molar-refractivity contribution in [1.82, 2.24) is 14.7 Å². The van der Waals surface area contributed by atoms with Gasteiger partial charge in [0, 0.05) is 18.4 Å². The highest BCUT2D eigenvalue weighted by Crippen LogP contribution is 2.17. The van der Waals surface area contributed by atoms with Gasteiger partial charge in [0.05, 0.1) is 0 Å². The molecule has 0 bridgehead atoms. The predicted molar refractivity (Wildman–Crippen MR) is 89.8 cm³/mol. The van der Waals surface area contributed by atoms with Gasteiger partial charge in [-0.2, -0.15) is 0 Å². The third kappa shape index (κ3) is 3.75. The minimum Gasteiger partial charge on any atom is -0.448 e. The molecule has 3 rings (SSSR count). The predicted octanol–water partition coefficient (Wildman–Crippen LogP) is 2.64. The fourth-order valence-electron chi connectivity index (χ4n) is 3.02. The van der Waals surface area contributed by atoms with Crippen LogP contribution in [0.5, 0.6) is 0 Å². The summed E-state index contributed by atoms with van der Waals surface area (Å²) in [7, 11) is 0. The highest BCUT2D eigenvalue weighted by atomic mass is 16.5. The second-order valence-corrected chi connectivity index (χ2v) is 6.49. The SMILES string of the molecule is Cc1ccn2cc(C(=O)OC(C)C(=O)NC3CCCCC3)nc2c1. The highest BCUT2D eigenvalue weighted by molar-refractivity contribution is 5.91. The van der Waals surface area contributed by atoms with Gasteiger partial charge in [0.25, 0.3) is 5.91 Å². The molecule has 24 heavy (non-hydrogen) atoms. The molecule has 1 aliphatic rings. The molecule has 1 amide bonds. The molecule has 2 heterocycles. The maximum Gasteiger partial charge on any atom is 0.359 e. The smallest absolute Gasteiger partial charge is 0.359 e. The Morgan fingerprint density at radius 2 is 2.08 bits per heavy atom. The molecule has 1 fully saturated rings. The lowest BCUT2D eigenvalue weighted by Gasteiger charge is -2.24. The lowest BCUT2D eigenvalue weighted by atomic mass is 9.95. The van der Waals surface area contributed by atoms with E-state index in [9.17, 15) is 9.59 Å². The van der Waals surface area contributed by atoms with Gasteiger partial charge in [0.2, 0.25) is 0 Å². The number of aromatic nitrogens is 2. The van der Waals surface area contributed by atoms with Crippen molar-refractivity contribution in [3.63, 3.8) is 0 Å². The molecular weight excluding hydrogens is 306 g/mol. The van der Waals surface area contributed by atoms with Crippen molar-refractivity contribution < 1.29 is 14.3 Å². The van der Waals surface area contributed by atoms with E-state index in [1.165, 1.54) is 6.42 Å². The van der Waals surface area contributed by atoms with Crippen molar-refractivity contribution in [2.24, 2.45) is 0 Å². The fourth-order valence-corrected chi connectivity index (χ4v) is 3.02. The summed E-state index contributed by atoms with van der Waals surface area (Å²) in [5, 5.41) is 2.97. The first-order chi connectivity index (χ1) is 11.5. The number of pyridine rings is 1. The maximum absolute atomic E-state index is 12.2. The number of aryl methyl sites for hydroxylation is 1. The van der Waals surface area contributed by atoms with Crippen LogP contribution in [-0.2, 0) is 9.53 Å². The van der Waals surface area contributed by atoms with Crippen LogP contribution in [0.2, 0.25) is 0 Å². The normalized spacial score (nSPS) is 16.8. The minimum absolute atomic E-state index is 0.200. The molecule has 6 heteroatoms. The van der Waals surface area contributed by atoms with Crippen LogP contribution in [0.4, 0.5) is 0 Å². The number of hydrogen-bond acceptors (Lipinski definition) is 4.